The molecule has 0 aromatic carbocycles. The molecule has 2 aliphatic carbocycles. The highest BCUT2D eigenvalue weighted by molar-refractivity contribution is 5.80. The number of aliphatic imine (C=N–C) groups is 1. The van der Waals surface area contributed by atoms with Gasteiger partial charge in [-0.1, -0.05) is 0 Å². The zero-order valence-electron chi connectivity index (χ0n) is 9.98. The molecule has 16 heavy (non-hydrogen) atoms. The summed E-state index contributed by atoms with van der Waals surface area (Å²) in [5.74, 6) is 7.26. The number of hydrazine groups is 1. The predicted octanol–water partition coefficient (Wildman–Crippen LogP) is 0.327. The molecule has 0 aromatic rings. The van der Waals surface area contributed by atoms with Crippen molar-refractivity contribution in [2.24, 2.45) is 16.8 Å². The van der Waals surface area contributed by atoms with Gasteiger partial charge in [-0.05, 0) is 31.6 Å². The fourth-order valence-electron chi connectivity index (χ4n) is 1.84. The lowest BCUT2D eigenvalue weighted by Crippen LogP contribution is -2.47. The maximum atomic E-state index is 5.55. The molecule has 2 fully saturated rings. The Morgan fingerprint density at radius 3 is 2.69 bits per heavy atom. The quantitative estimate of drug-likeness (QED) is 0.225. The van der Waals surface area contributed by atoms with Crippen LogP contribution >= 0.6 is 0 Å². The normalized spacial score (nSPS) is 21.0. The lowest BCUT2D eigenvalue weighted by Gasteiger charge is -2.25. The van der Waals surface area contributed by atoms with Gasteiger partial charge in [0.25, 0.3) is 0 Å². The van der Waals surface area contributed by atoms with Crippen molar-refractivity contribution in [3.8, 4) is 0 Å². The van der Waals surface area contributed by atoms with Crippen LogP contribution in [0.15, 0.2) is 4.99 Å². The van der Waals surface area contributed by atoms with Gasteiger partial charge in [0.2, 0.25) is 5.96 Å². The number of hydrogen-bond donors (Lipinski definition) is 2. The number of guanidine groups is 1. The molecule has 0 aromatic heterocycles. The third-order valence-electron chi connectivity index (χ3n) is 3.10. The second-order valence-corrected chi connectivity index (χ2v) is 4.67. The van der Waals surface area contributed by atoms with E-state index in [0.29, 0.717) is 19.2 Å². The number of methoxy groups -OCH3 is 1. The molecule has 5 nitrogen and oxygen atoms in total. The van der Waals surface area contributed by atoms with E-state index >= 15 is 0 Å². The molecule has 0 saturated heterocycles. The van der Waals surface area contributed by atoms with Gasteiger partial charge in [0.15, 0.2) is 0 Å². The first-order chi connectivity index (χ1) is 7.85. The summed E-state index contributed by atoms with van der Waals surface area (Å²) < 4.78 is 4.99. The van der Waals surface area contributed by atoms with E-state index in [0.717, 1.165) is 18.4 Å². The van der Waals surface area contributed by atoms with E-state index in [1.807, 2.05) is 0 Å². The van der Waals surface area contributed by atoms with E-state index in [1.165, 1.54) is 25.7 Å². The molecule has 92 valence electrons. The van der Waals surface area contributed by atoms with E-state index in [2.05, 4.69) is 15.3 Å². The summed E-state index contributed by atoms with van der Waals surface area (Å²) in [6, 6.07) is 0.665. The Hall–Kier alpha value is -0.810. The van der Waals surface area contributed by atoms with Crippen LogP contribution in [0, 0.1) is 5.92 Å². The molecule has 0 bridgehead atoms. The third-order valence-corrected chi connectivity index (χ3v) is 3.10. The Kier molecular flexibility index (Phi) is 4.01. The fourth-order valence-corrected chi connectivity index (χ4v) is 1.84. The standard InChI is InChI=1S/C11H22N4O/c1-16-7-6-13-11(14-12)15(10-4-5-10)8-9-2-3-9/h9-10H,2-8,12H2,1H3,(H,13,14). The molecule has 0 aliphatic heterocycles. The summed E-state index contributed by atoms with van der Waals surface area (Å²) in [4.78, 5) is 6.80. The highest BCUT2D eigenvalue weighted by Gasteiger charge is 2.35. The molecule has 2 saturated carbocycles. The molecular weight excluding hydrogens is 204 g/mol. The number of nitrogens with zero attached hydrogens (tertiary/aromatic N) is 2. The fraction of sp³-hybridized carbons (Fsp3) is 0.909. The smallest absolute Gasteiger partial charge is 0.208 e. The third kappa shape index (κ3) is 3.35. The van der Waals surface area contributed by atoms with Gasteiger partial charge in [-0.15, -0.1) is 0 Å². The Labute approximate surface area is 97.0 Å². The largest absolute Gasteiger partial charge is 0.383 e. The first-order valence-electron chi connectivity index (χ1n) is 6.11. The van der Waals surface area contributed by atoms with Gasteiger partial charge in [0.05, 0.1) is 13.2 Å². The van der Waals surface area contributed by atoms with Crippen LogP contribution < -0.4 is 11.3 Å². The van der Waals surface area contributed by atoms with Crippen molar-refractivity contribution < 1.29 is 4.74 Å². The van der Waals surface area contributed by atoms with E-state index in [9.17, 15) is 0 Å². The Morgan fingerprint density at radius 1 is 1.44 bits per heavy atom. The van der Waals surface area contributed by atoms with E-state index in [4.69, 9.17) is 10.6 Å². The van der Waals surface area contributed by atoms with Crippen LogP contribution in [0.3, 0.4) is 0 Å². The van der Waals surface area contributed by atoms with Gasteiger partial charge in [-0.2, -0.15) is 0 Å². The zero-order chi connectivity index (χ0) is 11.4. The Morgan fingerprint density at radius 2 is 2.19 bits per heavy atom. The van der Waals surface area contributed by atoms with Crippen LogP contribution in [-0.4, -0.2) is 43.7 Å². The second-order valence-electron chi connectivity index (χ2n) is 4.67. The summed E-state index contributed by atoms with van der Waals surface area (Å²) >= 11 is 0. The molecule has 0 amide bonds. The van der Waals surface area contributed by atoms with Crippen molar-refractivity contribution in [2.45, 2.75) is 31.7 Å². The number of ether oxygens (including phenoxy) is 1. The zero-order valence-corrected chi connectivity index (χ0v) is 9.98. The summed E-state index contributed by atoms with van der Waals surface area (Å²) in [6.45, 7) is 2.43. The van der Waals surface area contributed by atoms with Gasteiger partial charge in [-0.3, -0.25) is 5.43 Å². The monoisotopic (exact) mass is 226 g/mol. The molecule has 2 rings (SSSR count). The van der Waals surface area contributed by atoms with Crippen LogP contribution in [0.4, 0.5) is 0 Å². The number of rotatable bonds is 6. The number of hydrogen-bond acceptors (Lipinski definition) is 3. The predicted molar refractivity (Wildman–Crippen MR) is 64.0 cm³/mol. The number of nitrogens with two attached hydrogens (primary N) is 1. The highest BCUT2D eigenvalue weighted by Crippen LogP contribution is 2.34. The highest BCUT2D eigenvalue weighted by atomic mass is 16.5. The molecule has 0 atom stereocenters. The van der Waals surface area contributed by atoms with Gasteiger partial charge < -0.3 is 9.64 Å². The first kappa shape index (κ1) is 11.7. The topological polar surface area (TPSA) is 62.9 Å². The van der Waals surface area contributed by atoms with Gasteiger partial charge in [0, 0.05) is 19.7 Å². The summed E-state index contributed by atoms with van der Waals surface area (Å²) in [5.41, 5.74) is 2.74. The van der Waals surface area contributed by atoms with Crippen LogP contribution in [0.1, 0.15) is 25.7 Å². The second kappa shape index (κ2) is 5.50. The van der Waals surface area contributed by atoms with E-state index in [1.54, 1.807) is 7.11 Å². The lowest BCUT2D eigenvalue weighted by atomic mass is 10.3. The molecule has 0 radical (unpaired) electrons. The van der Waals surface area contributed by atoms with Crippen LogP contribution in [-0.2, 0) is 4.74 Å². The van der Waals surface area contributed by atoms with Gasteiger partial charge in [0.1, 0.15) is 0 Å². The Balaban J connectivity index is 1.88. The SMILES string of the molecule is COCCN=C(NN)N(CC1CC1)C1CC1. The van der Waals surface area contributed by atoms with Gasteiger partial charge in [-0.25, -0.2) is 10.8 Å². The summed E-state index contributed by atoms with van der Waals surface area (Å²) in [5, 5.41) is 0. The maximum absolute atomic E-state index is 5.55. The molecular formula is C11H22N4O. The molecule has 0 spiro atoms. The molecule has 2 aliphatic rings. The average Bonchev–Trinajstić information content (AvgIpc) is 3.16. The van der Waals surface area contributed by atoms with Crippen LogP contribution in [0.2, 0.25) is 0 Å². The maximum Gasteiger partial charge on any atom is 0.208 e. The minimum Gasteiger partial charge on any atom is -0.383 e. The van der Waals surface area contributed by atoms with Crippen molar-refractivity contribution >= 4 is 5.96 Å². The first-order valence-corrected chi connectivity index (χ1v) is 6.11. The van der Waals surface area contributed by atoms with Crippen molar-refractivity contribution in [3.63, 3.8) is 0 Å². The minimum atomic E-state index is 0.646. The molecule has 0 heterocycles. The molecule has 5 heteroatoms. The van der Waals surface area contributed by atoms with Crippen molar-refractivity contribution in [2.75, 3.05) is 26.8 Å². The molecule has 3 N–H and O–H groups in total. The lowest BCUT2D eigenvalue weighted by molar-refractivity contribution is 0.207. The van der Waals surface area contributed by atoms with Crippen molar-refractivity contribution in [1.29, 1.82) is 0 Å². The van der Waals surface area contributed by atoms with E-state index in [-0.39, 0.29) is 0 Å². The van der Waals surface area contributed by atoms with Crippen molar-refractivity contribution in [1.82, 2.24) is 10.3 Å². The summed E-state index contributed by atoms with van der Waals surface area (Å²) in [6.07, 6.45) is 5.27. The van der Waals surface area contributed by atoms with Crippen molar-refractivity contribution in [3.05, 3.63) is 0 Å². The van der Waals surface area contributed by atoms with E-state index < -0.39 is 0 Å². The number of nitrogens with one attached hydrogen (secondary N) is 1. The summed E-state index contributed by atoms with van der Waals surface area (Å²) in [7, 11) is 1.69. The Bertz CT molecular complexity index is 248. The minimum absolute atomic E-state index is 0.646. The van der Waals surface area contributed by atoms with Gasteiger partial charge >= 0.3 is 0 Å². The average molecular weight is 226 g/mol. The van der Waals surface area contributed by atoms with Crippen LogP contribution in [0.25, 0.3) is 0 Å². The molecule has 0 unspecified atom stereocenters. The van der Waals surface area contributed by atoms with Crippen LogP contribution in [0.5, 0.6) is 0 Å².